The predicted octanol–water partition coefficient (Wildman–Crippen LogP) is 2.67. The van der Waals surface area contributed by atoms with Crippen LogP contribution >= 0.6 is 0 Å². The van der Waals surface area contributed by atoms with Gasteiger partial charge in [0.1, 0.15) is 12.1 Å². The van der Waals surface area contributed by atoms with Gasteiger partial charge in [-0.05, 0) is 25.0 Å². The molecule has 1 aromatic carbocycles. The van der Waals surface area contributed by atoms with E-state index >= 15 is 0 Å². The van der Waals surface area contributed by atoms with Gasteiger partial charge in [-0.3, -0.25) is 4.79 Å². The maximum absolute atomic E-state index is 12.7. The zero-order chi connectivity index (χ0) is 18.3. The molecule has 1 aliphatic rings. The van der Waals surface area contributed by atoms with Gasteiger partial charge in [-0.15, -0.1) is 6.42 Å². The molecule has 6 nitrogen and oxygen atoms in total. The number of hydrogen-bond acceptors (Lipinski definition) is 5. The molecule has 0 spiro atoms. The molecule has 0 atom stereocenters. The van der Waals surface area contributed by atoms with Crippen molar-refractivity contribution in [1.82, 2.24) is 5.32 Å². The van der Waals surface area contributed by atoms with Crippen molar-refractivity contribution < 1.29 is 19.0 Å². The molecule has 132 valence electrons. The lowest BCUT2D eigenvalue weighted by Gasteiger charge is -2.31. The van der Waals surface area contributed by atoms with Crippen LogP contribution in [0.5, 0.6) is 17.2 Å². The average Bonchev–Trinajstić information content (AvgIpc) is 2.66. The zero-order valence-corrected chi connectivity index (χ0v) is 14.6. The van der Waals surface area contributed by atoms with Crippen LogP contribution in [0.4, 0.5) is 0 Å². The fourth-order valence-electron chi connectivity index (χ4n) is 2.98. The smallest absolute Gasteiger partial charge is 0.252 e. The van der Waals surface area contributed by atoms with Crippen LogP contribution in [0.15, 0.2) is 12.1 Å². The number of rotatable bonds is 6. The van der Waals surface area contributed by atoms with Gasteiger partial charge in [-0.1, -0.05) is 25.2 Å². The Morgan fingerprint density at radius 3 is 2.32 bits per heavy atom. The van der Waals surface area contributed by atoms with Gasteiger partial charge in [0, 0.05) is 5.56 Å². The van der Waals surface area contributed by atoms with Crippen molar-refractivity contribution in [2.75, 3.05) is 20.8 Å². The molecule has 0 radical (unpaired) electrons. The topological polar surface area (TPSA) is 80.6 Å². The van der Waals surface area contributed by atoms with Crippen LogP contribution in [0.2, 0.25) is 0 Å². The van der Waals surface area contributed by atoms with Gasteiger partial charge in [0.2, 0.25) is 5.75 Å². The highest BCUT2D eigenvalue weighted by Crippen LogP contribution is 2.39. The molecule has 1 aliphatic carbocycles. The number of carbonyl (C=O) groups excluding carboxylic acids is 1. The number of amides is 1. The van der Waals surface area contributed by atoms with E-state index in [2.05, 4.69) is 17.3 Å². The minimum Gasteiger partial charge on any atom is -0.493 e. The third kappa shape index (κ3) is 4.16. The zero-order valence-electron chi connectivity index (χ0n) is 14.6. The normalized spacial score (nSPS) is 15.4. The largest absolute Gasteiger partial charge is 0.493 e. The highest BCUT2D eigenvalue weighted by Gasteiger charge is 2.34. The number of benzene rings is 1. The van der Waals surface area contributed by atoms with E-state index < -0.39 is 5.54 Å². The van der Waals surface area contributed by atoms with Gasteiger partial charge >= 0.3 is 0 Å². The first-order chi connectivity index (χ1) is 12.1. The van der Waals surface area contributed by atoms with Crippen molar-refractivity contribution in [2.24, 2.45) is 0 Å². The molecule has 0 bridgehead atoms. The van der Waals surface area contributed by atoms with Crippen molar-refractivity contribution >= 4 is 5.91 Å². The number of nitrogens with zero attached hydrogens (tertiary/aromatic N) is 1. The summed E-state index contributed by atoms with van der Waals surface area (Å²) in [6.45, 7) is 0.0514. The van der Waals surface area contributed by atoms with Crippen LogP contribution in [0.25, 0.3) is 0 Å². The number of terminal acetylenes is 1. The Bertz CT molecular complexity index is 684. The Morgan fingerprint density at radius 1 is 1.24 bits per heavy atom. The fourth-order valence-corrected chi connectivity index (χ4v) is 2.98. The number of hydrogen-bond donors (Lipinski definition) is 1. The molecule has 0 aromatic heterocycles. The highest BCUT2D eigenvalue weighted by atomic mass is 16.5. The quantitative estimate of drug-likeness (QED) is 0.804. The summed E-state index contributed by atoms with van der Waals surface area (Å²) >= 11 is 0. The molecule has 1 saturated carbocycles. The molecule has 0 unspecified atom stereocenters. The monoisotopic (exact) mass is 342 g/mol. The van der Waals surface area contributed by atoms with Crippen LogP contribution in [0.1, 0.15) is 42.5 Å². The Balaban J connectivity index is 2.30. The Morgan fingerprint density at radius 2 is 1.84 bits per heavy atom. The van der Waals surface area contributed by atoms with Crippen molar-refractivity contribution in [3.8, 4) is 35.7 Å². The van der Waals surface area contributed by atoms with E-state index in [1.807, 2.05) is 0 Å². The van der Waals surface area contributed by atoms with E-state index in [0.29, 0.717) is 35.7 Å². The first-order valence-electron chi connectivity index (χ1n) is 8.15. The lowest BCUT2D eigenvalue weighted by atomic mass is 9.82. The maximum atomic E-state index is 12.7. The summed E-state index contributed by atoms with van der Waals surface area (Å²) in [5.74, 6) is 3.05. The lowest BCUT2D eigenvalue weighted by Crippen LogP contribution is -2.48. The summed E-state index contributed by atoms with van der Waals surface area (Å²) in [5.41, 5.74) is -0.476. The summed E-state index contributed by atoms with van der Waals surface area (Å²) < 4.78 is 16.1. The summed E-state index contributed by atoms with van der Waals surface area (Å²) in [6, 6.07) is 5.38. The molecule has 0 saturated heterocycles. The number of nitrogens with one attached hydrogen (secondary N) is 1. The molecular formula is C19H22N2O4. The average molecular weight is 342 g/mol. The number of methoxy groups -OCH3 is 2. The summed E-state index contributed by atoms with van der Waals surface area (Å²) in [6.07, 6.45) is 9.48. The Labute approximate surface area is 148 Å². The third-order valence-corrected chi connectivity index (χ3v) is 4.30. The number of carbonyl (C=O) groups is 1. The SMILES string of the molecule is C#CCOc1c(OC)cc(C(=O)NC2(C#N)CCCCC2)cc1OC. The summed E-state index contributed by atoms with van der Waals surface area (Å²) in [5, 5.41) is 12.4. The van der Waals surface area contributed by atoms with Gasteiger partial charge in [0.25, 0.3) is 5.91 Å². The molecule has 2 rings (SSSR count). The Kier molecular flexibility index (Phi) is 6.14. The maximum Gasteiger partial charge on any atom is 0.252 e. The number of ether oxygens (including phenoxy) is 3. The number of nitriles is 1. The predicted molar refractivity (Wildman–Crippen MR) is 92.8 cm³/mol. The van der Waals surface area contributed by atoms with Gasteiger partial charge < -0.3 is 19.5 Å². The van der Waals surface area contributed by atoms with E-state index in [1.165, 1.54) is 14.2 Å². The second kappa shape index (κ2) is 8.30. The van der Waals surface area contributed by atoms with Crippen LogP contribution < -0.4 is 19.5 Å². The summed E-state index contributed by atoms with van der Waals surface area (Å²) in [7, 11) is 2.94. The fraction of sp³-hybridized carbons (Fsp3) is 0.474. The van der Waals surface area contributed by atoms with Gasteiger partial charge in [-0.2, -0.15) is 5.26 Å². The van der Waals surface area contributed by atoms with Gasteiger partial charge in [-0.25, -0.2) is 0 Å². The molecule has 1 amide bonds. The summed E-state index contributed by atoms with van der Waals surface area (Å²) in [4.78, 5) is 12.7. The Hall–Kier alpha value is -2.86. The van der Waals surface area contributed by atoms with Crippen LogP contribution in [0, 0.1) is 23.7 Å². The molecule has 25 heavy (non-hydrogen) atoms. The van der Waals surface area contributed by atoms with E-state index in [4.69, 9.17) is 20.6 Å². The van der Waals surface area contributed by atoms with Gasteiger partial charge in [0.05, 0.1) is 20.3 Å². The van der Waals surface area contributed by atoms with E-state index in [-0.39, 0.29) is 12.5 Å². The second-order valence-corrected chi connectivity index (χ2v) is 5.91. The lowest BCUT2D eigenvalue weighted by molar-refractivity contribution is 0.0902. The minimum atomic E-state index is -0.811. The highest BCUT2D eigenvalue weighted by molar-refractivity contribution is 5.96. The van der Waals surface area contributed by atoms with Crippen molar-refractivity contribution in [1.29, 1.82) is 5.26 Å². The molecule has 1 aromatic rings. The standard InChI is InChI=1S/C19H22N2O4/c1-4-10-25-17-15(23-2)11-14(12-16(17)24-3)18(22)21-19(13-20)8-6-5-7-9-19/h1,11-12H,5-10H2,2-3H3,(H,21,22). The molecule has 0 aliphatic heterocycles. The molecule has 1 N–H and O–H groups in total. The van der Waals surface area contributed by atoms with Crippen molar-refractivity contribution in [2.45, 2.75) is 37.6 Å². The van der Waals surface area contributed by atoms with Crippen molar-refractivity contribution in [3.05, 3.63) is 17.7 Å². The van der Waals surface area contributed by atoms with E-state index in [0.717, 1.165) is 19.3 Å². The van der Waals surface area contributed by atoms with E-state index in [1.54, 1.807) is 12.1 Å². The third-order valence-electron chi connectivity index (χ3n) is 4.30. The van der Waals surface area contributed by atoms with E-state index in [9.17, 15) is 10.1 Å². The molecule has 6 heteroatoms. The second-order valence-electron chi connectivity index (χ2n) is 5.91. The molecule has 0 heterocycles. The minimum absolute atomic E-state index is 0.0514. The first-order valence-corrected chi connectivity index (χ1v) is 8.15. The van der Waals surface area contributed by atoms with Crippen molar-refractivity contribution in [3.63, 3.8) is 0 Å². The molecular weight excluding hydrogens is 320 g/mol. The van der Waals surface area contributed by atoms with Crippen LogP contribution in [0.3, 0.4) is 0 Å². The van der Waals surface area contributed by atoms with Crippen LogP contribution in [-0.4, -0.2) is 32.3 Å². The molecule has 1 fully saturated rings. The van der Waals surface area contributed by atoms with Crippen LogP contribution in [-0.2, 0) is 0 Å². The van der Waals surface area contributed by atoms with Gasteiger partial charge in [0.15, 0.2) is 11.5 Å². The first kappa shape index (κ1) is 18.5.